The molecule has 8 heteroatoms. The van der Waals surface area contributed by atoms with Crippen LogP contribution in [-0.4, -0.2) is 59.1 Å². The van der Waals surface area contributed by atoms with Crippen molar-refractivity contribution in [3.05, 3.63) is 40.2 Å². The Morgan fingerprint density at radius 2 is 2.32 bits per heavy atom. The SMILES string of the molecule is CCOc1ccc2[nH]c(=O)c(CN(CCO)C(=S)NC[C@H]3CCCO3)cc2c1. The molecule has 3 N–H and O–H groups in total. The van der Waals surface area contributed by atoms with E-state index in [9.17, 15) is 9.90 Å². The van der Waals surface area contributed by atoms with Gasteiger partial charge >= 0.3 is 0 Å². The van der Waals surface area contributed by atoms with Crippen molar-refractivity contribution < 1.29 is 14.6 Å². The summed E-state index contributed by atoms with van der Waals surface area (Å²) in [7, 11) is 0. The fraction of sp³-hybridized carbons (Fsp3) is 0.500. The highest BCUT2D eigenvalue weighted by atomic mass is 32.1. The number of nitrogens with one attached hydrogen (secondary N) is 2. The molecule has 3 rings (SSSR count). The Labute approximate surface area is 169 Å². The van der Waals surface area contributed by atoms with Gasteiger partial charge in [0.2, 0.25) is 0 Å². The lowest BCUT2D eigenvalue weighted by molar-refractivity contribution is 0.113. The number of aliphatic hydroxyl groups is 1. The lowest BCUT2D eigenvalue weighted by Gasteiger charge is -2.26. The number of benzene rings is 1. The van der Waals surface area contributed by atoms with Gasteiger partial charge in [0.05, 0.1) is 25.9 Å². The Morgan fingerprint density at radius 3 is 3.04 bits per heavy atom. The molecule has 7 nitrogen and oxygen atoms in total. The zero-order valence-electron chi connectivity index (χ0n) is 16.1. The molecule has 1 aromatic heterocycles. The number of hydrogen-bond acceptors (Lipinski definition) is 5. The predicted octanol–water partition coefficient (Wildman–Crippen LogP) is 1.77. The minimum atomic E-state index is -0.165. The van der Waals surface area contributed by atoms with Crippen LogP contribution in [0, 0.1) is 0 Å². The van der Waals surface area contributed by atoms with Crippen LogP contribution in [0.3, 0.4) is 0 Å². The topological polar surface area (TPSA) is 86.8 Å². The van der Waals surface area contributed by atoms with Crippen molar-refractivity contribution in [2.24, 2.45) is 0 Å². The first-order chi connectivity index (χ1) is 13.6. The van der Waals surface area contributed by atoms with E-state index in [-0.39, 0.29) is 18.3 Å². The predicted molar refractivity (Wildman–Crippen MR) is 113 cm³/mol. The third kappa shape index (κ3) is 5.21. The molecule has 1 aliphatic rings. The van der Waals surface area contributed by atoms with Gasteiger partial charge in [0.15, 0.2) is 5.11 Å². The van der Waals surface area contributed by atoms with E-state index in [1.54, 1.807) is 4.90 Å². The summed E-state index contributed by atoms with van der Waals surface area (Å²) in [5.41, 5.74) is 1.17. The van der Waals surface area contributed by atoms with Crippen LogP contribution in [0.4, 0.5) is 0 Å². The Balaban J connectivity index is 1.75. The molecule has 1 fully saturated rings. The summed E-state index contributed by atoms with van der Waals surface area (Å²) in [6, 6.07) is 7.43. The van der Waals surface area contributed by atoms with Crippen molar-refractivity contribution in [3.8, 4) is 5.75 Å². The van der Waals surface area contributed by atoms with E-state index in [2.05, 4.69) is 10.3 Å². The van der Waals surface area contributed by atoms with Gasteiger partial charge in [-0.2, -0.15) is 0 Å². The number of aromatic nitrogens is 1. The zero-order chi connectivity index (χ0) is 19.9. The summed E-state index contributed by atoms with van der Waals surface area (Å²) in [4.78, 5) is 17.2. The Hall–Kier alpha value is -2.16. The Morgan fingerprint density at radius 1 is 1.46 bits per heavy atom. The number of nitrogens with zero attached hydrogens (tertiary/aromatic N) is 1. The number of thiocarbonyl (C=S) groups is 1. The van der Waals surface area contributed by atoms with E-state index in [0.717, 1.165) is 36.1 Å². The van der Waals surface area contributed by atoms with Gasteiger partial charge in [0.1, 0.15) is 5.75 Å². The molecule has 0 saturated carbocycles. The van der Waals surface area contributed by atoms with Crippen molar-refractivity contribution in [2.45, 2.75) is 32.4 Å². The lowest BCUT2D eigenvalue weighted by Crippen LogP contribution is -2.44. The first-order valence-corrected chi connectivity index (χ1v) is 10.1. The maximum atomic E-state index is 12.5. The number of H-pyrrole nitrogens is 1. The van der Waals surface area contributed by atoms with Crippen molar-refractivity contribution in [3.63, 3.8) is 0 Å². The number of fused-ring (bicyclic) bond motifs is 1. The van der Waals surface area contributed by atoms with Gasteiger partial charge in [-0.05, 0) is 56.2 Å². The second-order valence-electron chi connectivity index (χ2n) is 6.77. The normalized spacial score (nSPS) is 16.3. The average Bonchev–Trinajstić information content (AvgIpc) is 3.20. The average molecular weight is 406 g/mol. The molecule has 0 spiro atoms. The van der Waals surface area contributed by atoms with E-state index in [1.165, 1.54) is 0 Å². The number of aliphatic hydroxyl groups excluding tert-OH is 1. The molecular weight excluding hydrogens is 378 g/mol. The molecule has 152 valence electrons. The van der Waals surface area contributed by atoms with Crippen LogP contribution >= 0.6 is 12.2 Å². The van der Waals surface area contributed by atoms with Gasteiger partial charge in [-0.1, -0.05) is 0 Å². The summed E-state index contributed by atoms with van der Waals surface area (Å²) < 4.78 is 11.1. The molecule has 0 radical (unpaired) electrons. The second kappa shape index (κ2) is 9.86. The monoisotopic (exact) mass is 405 g/mol. The van der Waals surface area contributed by atoms with Crippen LogP contribution in [-0.2, 0) is 11.3 Å². The summed E-state index contributed by atoms with van der Waals surface area (Å²) >= 11 is 5.48. The number of hydrogen-bond donors (Lipinski definition) is 3. The van der Waals surface area contributed by atoms with Crippen LogP contribution in [0.1, 0.15) is 25.3 Å². The third-order valence-electron chi connectivity index (χ3n) is 4.73. The van der Waals surface area contributed by atoms with Gasteiger partial charge in [0.25, 0.3) is 5.56 Å². The highest BCUT2D eigenvalue weighted by Crippen LogP contribution is 2.19. The van der Waals surface area contributed by atoms with E-state index in [0.29, 0.717) is 36.9 Å². The summed E-state index contributed by atoms with van der Waals surface area (Å²) in [6.07, 6.45) is 2.24. The molecule has 1 saturated heterocycles. The quantitative estimate of drug-likeness (QED) is 0.577. The largest absolute Gasteiger partial charge is 0.494 e. The number of aromatic amines is 1. The fourth-order valence-corrected chi connectivity index (χ4v) is 3.54. The van der Waals surface area contributed by atoms with E-state index in [1.807, 2.05) is 31.2 Å². The maximum Gasteiger partial charge on any atom is 0.253 e. The van der Waals surface area contributed by atoms with Crippen LogP contribution in [0.5, 0.6) is 5.75 Å². The van der Waals surface area contributed by atoms with Gasteiger partial charge in [-0.25, -0.2) is 0 Å². The van der Waals surface area contributed by atoms with Gasteiger partial charge < -0.3 is 29.8 Å². The lowest BCUT2D eigenvalue weighted by atomic mass is 10.1. The van der Waals surface area contributed by atoms with Gasteiger partial charge in [-0.15, -0.1) is 0 Å². The molecule has 1 aromatic carbocycles. The molecule has 0 unspecified atom stereocenters. The van der Waals surface area contributed by atoms with Crippen molar-refractivity contribution >= 4 is 28.2 Å². The zero-order valence-corrected chi connectivity index (χ0v) is 16.9. The smallest absolute Gasteiger partial charge is 0.253 e. The van der Waals surface area contributed by atoms with Crippen molar-refractivity contribution in [2.75, 3.05) is 32.9 Å². The standard InChI is InChI=1S/C20H27N3O4S/c1-2-26-16-5-6-18-14(11-16)10-15(19(25)22-18)13-23(7-8-24)20(28)21-12-17-4-3-9-27-17/h5-6,10-11,17,24H,2-4,7-9,12-13H2,1H3,(H,21,28)(H,22,25)/t17-/m1/s1. The van der Waals surface area contributed by atoms with Crippen molar-refractivity contribution in [1.29, 1.82) is 0 Å². The van der Waals surface area contributed by atoms with E-state index >= 15 is 0 Å². The second-order valence-corrected chi connectivity index (χ2v) is 7.16. The van der Waals surface area contributed by atoms with Crippen LogP contribution < -0.4 is 15.6 Å². The first-order valence-electron chi connectivity index (χ1n) is 9.64. The summed E-state index contributed by atoms with van der Waals surface area (Å²) in [6.45, 7) is 4.52. The summed E-state index contributed by atoms with van der Waals surface area (Å²) in [5, 5.41) is 14.0. The van der Waals surface area contributed by atoms with Crippen LogP contribution in [0.25, 0.3) is 10.9 Å². The van der Waals surface area contributed by atoms with Crippen LogP contribution in [0.2, 0.25) is 0 Å². The highest BCUT2D eigenvalue weighted by Gasteiger charge is 2.18. The minimum absolute atomic E-state index is 0.0538. The molecule has 0 bridgehead atoms. The fourth-order valence-electron chi connectivity index (χ4n) is 3.30. The molecule has 0 aliphatic carbocycles. The van der Waals surface area contributed by atoms with Gasteiger partial charge in [0, 0.05) is 36.2 Å². The first kappa shape index (κ1) is 20.6. The number of rotatable bonds is 8. The van der Waals surface area contributed by atoms with Crippen LogP contribution in [0.15, 0.2) is 29.1 Å². The van der Waals surface area contributed by atoms with E-state index < -0.39 is 0 Å². The number of pyridine rings is 1. The Bertz CT molecular complexity index is 864. The molecule has 1 aliphatic heterocycles. The molecule has 1 atom stereocenters. The molecule has 2 aromatic rings. The molecular formula is C20H27N3O4S. The molecule has 2 heterocycles. The van der Waals surface area contributed by atoms with Gasteiger partial charge in [-0.3, -0.25) is 4.79 Å². The molecule has 0 amide bonds. The summed E-state index contributed by atoms with van der Waals surface area (Å²) in [5.74, 6) is 0.758. The van der Waals surface area contributed by atoms with E-state index in [4.69, 9.17) is 21.7 Å². The maximum absolute atomic E-state index is 12.5. The Kier molecular flexibility index (Phi) is 7.24. The third-order valence-corrected chi connectivity index (χ3v) is 5.13. The molecule has 28 heavy (non-hydrogen) atoms. The highest BCUT2D eigenvalue weighted by molar-refractivity contribution is 7.80. The number of ether oxygens (including phenoxy) is 2. The minimum Gasteiger partial charge on any atom is -0.494 e. The van der Waals surface area contributed by atoms with Crippen molar-refractivity contribution in [1.82, 2.24) is 15.2 Å².